The van der Waals surface area contributed by atoms with Crippen molar-refractivity contribution in [3.63, 3.8) is 0 Å². The molecule has 3 aromatic rings. The monoisotopic (exact) mass is 369 g/mol. The van der Waals surface area contributed by atoms with E-state index in [2.05, 4.69) is 10.3 Å². The number of sulfonamides is 1. The van der Waals surface area contributed by atoms with Gasteiger partial charge in [-0.3, -0.25) is 9.78 Å². The van der Waals surface area contributed by atoms with Crippen LogP contribution in [-0.4, -0.2) is 37.7 Å². The lowest BCUT2D eigenvalue weighted by molar-refractivity contribution is 0.102. The summed E-state index contributed by atoms with van der Waals surface area (Å²) in [5, 5.41) is 3.52. The summed E-state index contributed by atoms with van der Waals surface area (Å²) in [7, 11) is -0.640. The number of pyridine rings is 1. The van der Waals surface area contributed by atoms with Crippen LogP contribution in [0, 0.1) is 6.92 Å². The number of benzene rings is 2. The van der Waals surface area contributed by atoms with Gasteiger partial charge in [0.25, 0.3) is 5.91 Å². The lowest BCUT2D eigenvalue weighted by atomic mass is 10.1. The van der Waals surface area contributed by atoms with E-state index in [-0.39, 0.29) is 10.8 Å². The normalized spacial score (nSPS) is 11.7. The van der Waals surface area contributed by atoms with Gasteiger partial charge < -0.3 is 5.32 Å². The van der Waals surface area contributed by atoms with E-state index in [1.54, 1.807) is 18.2 Å². The van der Waals surface area contributed by atoms with Crippen LogP contribution in [0.4, 0.5) is 5.69 Å². The number of nitrogens with zero attached hydrogens (tertiary/aromatic N) is 2. The largest absolute Gasteiger partial charge is 0.322 e. The van der Waals surface area contributed by atoms with E-state index < -0.39 is 10.0 Å². The molecule has 26 heavy (non-hydrogen) atoms. The van der Waals surface area contributed by atoms with E-state index in [4.69, 9.17) is 0 Å². The Bertz CT molecular complexity index is 1090. The van der Waals surface area contributed by atoms with E-state index in [0.29, 0.717) is 11.3 Å². The van der Waals surface area contributed by atoms with Crippen molar-refractivity contribution in [3.05, 3.63) is 65.9 Å². The SMILES string of the molecule is Cc1cc(C(=O)Nc2cccc(S(=O)(=O)N(C)C)c2)c2ccccc2n1. The van der Waals surface area contributed by atoms with Crippen molar-refractivity contribution < 1.29 is 13.2 Å². The number of anilines is 1. The van der Waals surface area contributed by atoms with E-state index in [1.165, 1.54) is 26.2 Å². The molecule has 1 amide bonds. The van der Waals surface area contributed by atoms with E-state index >= 15 is 0 Å². The fraction of sp³-hybridized carbons (Fsp3) is 0.158. The molecule has 0 unspecified atom stereocenters. The maximum Gasteiger partial charge on any atom is 0.256 e. The molecule has 7 heteroatoms. The maximum atomic E-state index is 12.8. The van der Waals surface area contributed by atoms with Gasteiger partial charge in [-0.2, -0.15) is 0 Å². The minimum Gasteiger partial charge on any atom is -0.322 e. The molecular formula is C19H19N3O3S. The number of amides is 1. The molecule has 1 aromatic heterocycles. The second kappa shape index (κ2) is 6.86. The summed E-state index contributed by atoms with van der Waals surface area (Å²) in [4.78, 5) is 17.3. The Morgan fingerprint density at radius 1 is 1.04 bits per heavy atom. The number of hydrogen-bond donors (Lipinski definition) is 1. The zero-order valence-corrected chi connectivity index (χ0v) is 15.5. The molecule has 0 bridgehead atoms. The van der Waals surface area contributed by atoms with Crippen LogP contribution in [0.5, 0.6) is 0 Å². The molecule has 2 aromatic carbocycles. The Morgan fingerprint density at radius 3 is 2.50 bits per heavy atom. The molecule has 3 rings (SSSR count). The first kappa shape index (κ1) is 18.0. The van der Waals surface area contributed by atoms with Crippen LogP contribution in [0.1, 0.15) is 16.1 Å². The number of para-hydroxylation sites is 1. The number of carbonyl (C=O) groups excluding carboxylic acids is 1. The summed E-state index contributed by atoms with van der Waals surface area (Å²) in [6, 6.07) is 15.3. The molecule has 0 aliphatic carbocycles. The first-order valence-electron chi connectivity index (χ1n) is 7.99. The summed E-state index contributed by atoms with van der Waals surface area (Å²) < 4.78 is 25.7. The third-order valence-electron chi connectivity index (χ3n) is 3.96. The van der Waals surface area contributed by atoms with E-state index in [0.717, 1.165) is 20.9 Å². The maximum absolute atomic E-state index is 12.8. The van der Waals surface area contributed by atoms with Crippen LogP contribution < -0.4 is 5.32 Å². The van der Waals surface area contributed by atoms with Crippen molar-refractivity contribution in [3.8, 4) is 0 Å². The number of aryl methyl sites for hydroxylation is 1. The predicted octanol–water partition coefficient (Wildman–Crippen LogP) is 3.05. The zero-order chi connectivity index (χ0) is 18.9. The standard InChI is InChI=1S/C19H19N3O3S/c1-13-11-17(16-9-4-5-10-18(16)20-13)19(23)21-14-7-6-8-15(12-14)26(24,25)22(2)3/h4-12H,1-3H3,(H,21,23). The Kier molecular flexibility index (Phi) is 4.76. The highest BCUT2D eigenvalue weighted by molar-refractivity contribution is 7.89. The highest BCUT2D eigenvalue weighted by Gasteiger charge is 2.18. The van der Waals surface area contributed by atoms with Crippen molar-refractivity contribution in [2.45, 2.75) is 11.8 Å². The second-order valence-electron chi connectivity index (χ2n) is 6.10. The molecule has 0 saturated carbocycles. The number of hydrogen-bond acceptors (Lipinski definition) is 4. The Balaban J connectivity index is 1.97. The average Bonchev–Trinajstić information content (AvgIpc) is 2.61. The molecule has 0 spiro atoms. The van der Waals surface area contributed by atoms with Gasteiger partial charge in [-0.15, -0.1) is 0 Å². The Labute approximate surface area is 152 Å². The average molecular weight is 369 g/mol. The lowest BCUT2D eigenvalue weighted by Crippen LogP contribution is -2.22. The molecule has 0 atom stereocenters. The molecule has 0 aliphatic rings. The minimum atomic E-state index is -3.57. The predicted molar refractivity (Wildman–Crippen MR) is 102 cm³/mol. The van der Waals surface area contributed by atoms with Gasteiger partial charge >= 0.3 is 0 Å². The van der Waals surface area contributed by atoms with Crippen LogP contribution in [0.25, 0.3) is 10.9 Å². The molecule has 134 valence electrons. The van der Waals surface area contributed by atoms with Crippen molar-refractivity contribution in [1.29, 1.82) is 0 Å². The highest BCUT2D eigenvalue weighted by atomic mass is 32.2. The molecule has 0 fully saturated rings. The van der Waals surface area contributed by atoms with Crippen molar-refractivity contribution in [2.75, 3.05) is 19.4 Å². The van der Waals surface area contributed by atoms with E-state index in [9.17, 15) is 13.2 Å². The third kappa shape index (κ3) is 3.44. The zero-order valence-electron chi connectivity index (χ0n) is 14.7. The summed E-state index contributed by atoms with van der Waals surface area (Å²) in [6.07, 6.45) is 0. The number of carbonyl (C=O) groups is 1. The number of aromatic nitrogens is 1. The van der Waals surface area contributed by atoms with Gasteiger partial charge in [0.2, 0.25) is 10.0 Å². The molecule has 0 saturated heterocycles. The van der Waals surface area contributed by atoms with Crippen molar-refractivity contribution in [2.24, 2.45) is 0 Å². The van der Waals surface area contributed by atoms with Crippen LogP contribution in [-0.2, 0) is 10.0 Å². The van der Waals surface area contributed by atoms with Crippen LogP contribution in [0.15, 0.2) is 59.5 Å². The molecule has 6 nitrogen and oxygen atoms in total. The van der Waals surface area contributed by atoms with Gasteiger partial charge in [0.15, 0.2) is 0 Å². The second-order valence-corrected chi connectivity index (χ2v) is 8.25. The van der Waals surface area contributed by atoms with Gasteiger partial charge in [-0.05, 0) is 37.3 Å². The summed E-state index contributed by atoms with van der Waals surface area (Å²) in [6.45, 7) is 1.83. The smallest absolute Gasteiger partial charge is 0.256 e. The van der Waals surface area contributed by atoms with Crippen LogP contribution >= 0.6 is 0 Å². The molecule has 1 heterocycles. The third-order valence-corrected chi connectivity index (χ3v) is 5.77. The van der Waals surface area contributed by atoms with E-state index in [1.807, 2.05) is 31.2 Å². The van der Waals surface area contributed by atoms with Crippen molar-refractivity contribution in [1.82, 2.24) is 9.29 Å². The van der Waals surface area contributed by atoms with Crippen molar-refractivity contribution >= 4 is 32.5 Å². The first-order chi connectivity index (χ1) is 12.3. The fourth-order valence-corrected chi connectivity index (χ4v) is 3.59. The molecular weight excluding hydrogens is 350 g/mol. The molecule has 0 radical (unpaired) electrons. The topological polar surface area (TPSA) is 79.4 Å². The number of rotatable bonds is 4. The summed E-state index contributed by atoms with van der Waals surface area (Å²) >= 11 is 0. The summed E-state index contributed by atoms with van der Waals surface area (Å²) in [5.74, 6) is -0.314. The van der Waals surface area contributed by atoms with Gasteiger partial charge in [0, 0.05) is 30.9 Å². The van der Waals surface area contributed by atoms with Gasteiger partial charge in [-0.25, -0.2) is 12.7 Å². The fourth-order valence-electron chi connectivity index (χ4n) is 2.64. The lowest BCUT2D eigenvalue weighted by Gasteiger charge is -2.13. The molecule has 0 aliphatic heterocycles. The Hall–Kier alpha value is -2.77. The Morgan fingerprint density at radius 2 is 1.77 bits per heavy atom. The van der Waals surface area contributed by atoms with Crippen LogP contribution in [0.2, 0.25) is 0 Å². The minimum absolute atomic E-state index is 0.121. The van der Waals surface area contributed by atoms with Gasteiger partial charge in [0.1, 0.15) is 0 Å². The number of nitrogens with one attached hydrogen (secondary N) is 1. The number of fused-ring (bicyclic) bond motifs is 1. The summed E-state index contributed by atoms with van der Waals surface area (Å²) in [5.41, 5.74) is 2.38. The quantitative estimate of drug-likeness (QED) is 0.767. The highest BCUT2D eigenvalue weighted by Crippen LogP contribution is 2.22. The molecule has 1 N–H and O–H groups in total. The van der Waals surface area contributed by atoms with Gasteiger partial charge in [-0.1, -0.05) is 24.3 Å². The van der Waals surface area contributed by atoms with Crippen LogP contribution in [0.3, 0.4) is 0 Å². The van der Waals surface area contributed by atoms with Gasteiger partial charge in [0.05, 0.1) is 16.0 Å². The first-order valence-corrected chi connectivity index (χ1v) is 9.43.